The highest BCUT2D eigenvalue weighted by Gasteiger charge is 2.52. The van der Waals surface area contributed by atoms with Crippen molar-refractivity contribution < 1.29 is 9.31 Å². The van der Waals surface area contributed by atoms with Crippen LogP contribution in [-0.2, 0) is 9.31 Å². The number of nitrogens with one attached hydrogen (secondary N) is 1. The predicted octanol–water partition coefficient (Wildman–Crippen LogP) is 1.93. The van der Waals surface area contributed by atoms with E-state index >= 15 is 0 Å². The molecule has 90 valence electrons. The van der Waals surface area contributed by atoms with Crippen molar-refractivity contribution in [2.75, 3.05) is 6.54 Å². The molecule has 0 aromatic carbocycles. The van der Waals surface area contributed by atoms with Crippen molar-refractivity contribution in [3.8, 4) is 0 Å². The zero-order chi connectivity index (χ0) is 12.0. The lowest BCUT2D eigenvalue weighted by atomic mass is 9.74. The van der Waals surface area contributed by atoms with Crippen LogP contribution in [0.2, 0.25) is 0 Å². The molecule has 16 heavy (non-hydrogen) atoms. The van der Waals surface area contributed by atoms with Crippen LogP contribution < -0.4 is 5.32 Å². The molecule has 1 atom stereocenters. The molecule has 2 heterocycles. The summed E-state index contributed by atoms with van der Waals surface area (Å²) in [6.07, 6.45) is 3.24. The summed E-state index contributed by atoms with van der Waals surface area (Å²) in [6, 6.07) is 0.419. The first-order chi connectivity index (χ1) is 7.32. The molecule has 1 unspecified atom stereocenters. The van der Waals surface area contributed by atoms with E-state index in [4.69, 9.17) is 9.31 Å². The molecule has 1 saturated heterocycles. The van der Waals surface area contributed by atoms with E-state index in [9.17, 15) is 0 Å². The summed E-state index contributed by atoms with van der Waals surface area (Å²) in [4.78, 5) is 0. The van der Waals surface area contributed by atoms with Crippen molar-refractivity contribution in [1.82, 2.24) is 5.32 Å². The van der Waals surface area contributed by atoms with E-state index in [1.807, 2.05) is 0 Å². The second-order valence-electron chi connectivity index (χ2n) is 5.82. The minimum Gasteiger partial charge on any atom is -0.400 e. The van der Waals surface area contributed by atoms with Gasteiger partial charge in [0.15, 0.2) is 0 Å². The van der Waals surface area contributed by atoms with Crippen LogP contribution in [0.5, 0.6) is 0 Å². The number of hydrogen-bond acceptors (Lipinski definition) is 3. The third kappa shape index (κ3) is 2.06. The molecule has 0 amide bonds. The molecule has 0 bridgehead atoms. The average Bonchev–Trinajstić information content (AvgIpc) is 2.36. The average molecular weight is 223 g/mol. The van der Waals surface area contributed by atoms with Gasteiger partial charge < -0.3 is 14.6 Å². The van der Waals surface area contributed by atoms with Crippen molar-refractivity contribution in [3.63, 3.8) is 0 Å². The van der Waals surface area contributed by atoms with Gasteiger partial charge in [-0.05, 0) is 53.1 Å². The molecular weight excluding hydrogens is 201 g/mol. The summed E-state index contributed by atoms with van der Waals surface area (Å²) in [5.74, 6) is 0. The Hall–Kier alpha value is -0.315. The second kappa shape index (κ2) is 3.86. The molecule has 0 spiro atoms. The maximum Gasteiger partial charge on any atom is 0.490 e. The molecule has 2 aliphatic heterocycles. The summed E-state index contributed by atoms with van der Waals surface area (Å²) in [7, 11) is -0.158. The smallest absolute Gasteiger partial charge is 0.400 e. The van der Waals surface area contributed by atoms with Gasteiger partial charge in [0, 0.05) is 6.04 Å². The summed E-state index contributed by atoms with van der Waals surface area (Å²) in [6.45, 7) is 11.5. The largest absolute Gasteiger partial charge is 0.490 e. The van der Waals surface area contributed by atoms with E-state index in [0.29, 0.717) is 6.04 Å². The Balaban J connectivity index is 2.14. The maximum atomic E-state index is 6.03. The molecule has 4 heteroatoms. The predicted molar refractivity (Wildman–Crippen MR) is 66.2 cm³/mol. The first-order valence-electron chi connectivity index (χ1n) is 6.11. The quantitative estimate of drug-likeness (QED) is 0.689. The van der Waals surface area contributed by atoms with Gasteiger partial charge in [-0.2, -0.15) is 0 Å². The van der Waals surface area contributed by atoms with Crippen LogP contribution in [-0.4, -0.2) is 30.9 Å². The molecule has 2 rings (SSSR count). The SMILES string of the molecule is CC1C=C(B2OC(C)(C)C(C)(C)O2)CCN1. The van der Waals surface area contributed by atoms with Gasteiger partial charge in [-0.1, -0.05) is 6.08 Å². The van der Waals surface area contributed by atoms with Crippen LogP contribution in [0.3, 0.4) is 0 Å². The number of hydrogen-bond donors (Lipinski definition) is 1. The minimum absolute atomic E-state index is 0.158. The summed E-state index contributed by atoms with van der Waals surface area (Å²) < 4.78 is 12.1. The molecule has 1 N–H and O–H groups in total. The monoisotopic (exact) mass is 223 g/mol. The van der Waals surface area contributed by atoms with Crippen LogP contribution in [0.1, 0.15) is 41.0 Å². The first kappa shape index (κ1) is 12.2. The molecular formula is C12H22BNO2. The molecule has 1 fully saturated rings. The summed E-state index contributed by atoms with van der Waals surface area (Å²) in [5.41, 5.74) is 0.823. The van der Waals surface area contributed by atoms with Gasteiger partial charge in [0.1, 0.15) is 0 Å². The Morgan fingerprint density at radius 1 is 1.25 bits per heavy atom. The number of rotatable bonds is 1. The van der Waals surface area contributed by atoms with Crippen LogP contribution in [0, 0.1) is 0 Å². The summed E-state index contributed by atoms with van der Waals surface area (Å²) >= 11 is 0. The Morgan fingerprint density at radius 3 is 2.31 bits per heavy atom. The van der Waals surface area contributed by atoms with E-state index in [2.05, 4.69) is 46.0 Å². The molecule has 0 radical (unpaired) electrons. The molecule has 3 nitrogen and oxygen atoms in total. The zero-order valence-corrected chi connectivity index (χ0v) is 11.0. The lowest BCUT2D eigenvalue weighted by Gasteiger charge is -2.32. The first-order valence-corrected chi connectivity index (χ1v) is 6.11. The standard InChI is InChI=1S/C12H22BNO2/c1-9-8-10(6-7-14-9)13-15-11(2,3)12(4,5)16-13/h8-9,14H,6-7H2,1-5H3. The molecule has 0 aliphatic carbocycles. The second-order valence-corrected chi connectivity index (χ2v) is 5.82. The molecule has 2 aliphatic rings. The van der Waals surface area contributed by atoms with E-state index in [-0.39, 0.29) is 18.3 Å². The fourth-order valence-corrected chi connectivity index (χ4v) is 2.10. The van der Waals surface area contributed by atoms with E-state index in [1.165, 1.54) is 5.47 Å². The van der Waals surface area contributed by atoms with E-state index < -0.39 is 0 Å². The highest BCUT2D eigenvalue weighted by atomic mass is 16.7. The van der Waals surface area contributed by atoms with Gasteiger partial charge >= 0.3 is 7.12 Å². The van der Waals surface area contributed by atoms with E-state index in [1.54, 1.807) is 0 Å². The topological polar surface area (TPSA) is 30.5 Å². The van der Waals surface area contributed by atoms with Gasteiger partial charge in [0.25, 0.3) is 0 Å². The van der Waals surface area contributed by atoms with Gasteiger partial charge in [0.2, 0.25) is 0 Å². The van der Waals surface area contributed by atoms with Gasteiger partial charge in [-0.25, -0.2) is 0 Å². The van der Waals surface area contributed by atoms with Gasteiger partial charge in [-0.3, -0.25) is 0 Å². The summed E-state index contributed by atoms with van der Waals surface area (Å²) in [5, 5.41) is 3.39. The zero-order valence-electron chi connectivity index (χ0n) is 11.0. The third-order valence-electron chi connectivity index (χ3n) is 3.90. The van der Waals surface area contributed by atoms with Gasteiger partial charge in [-0.15, -0.1) is 0 Å². The highest BCUT2D eigenvalue weighted by molar-refractivity contribution is 6.54. The van der Waals surface area contributed by atoms with Crippen LogP contribution in [0.4, 0.5) is 0 Å². The Bertz CT molecular complexity index is 296. The lowest BCUT2D eigenvalue weighted by molar-refractivity contribution is 0.00578. The minimum atomic E-state index is -0.230. The Morgan fingerprint density at radius 2 is 1.81 bits per heavy atom. The normalized spacial score (nSPS) is 32.7. The maximum absolute atomic E-state index is 6.03. The molecule has 0 saturated carbocycles. The Kier molecular flexibility index (Phi) is 2.93. The molecule has 0 aromatic rings. The van der Waals surface area contributed by atoms with Crippen molar-refractivity contribution >= 4 is 7.12 Å². The van der Waals surface area contributed by atoms with Crippen molar-refractivity contribution in [1.29, 1.82) is 0 Å². The highest BCUT2D eigenvalue weighted by Crippen LogP contribution is 2.39. The van der Waals surface area contributed by atoms with Crippen molar-refractivity contribution in [2.24, 2.45) is 0 Å². The van der Waals surface area contributed by atoms with E-state index in [0.717, 1.165) is 13.0 Å². The Labute approximate surface area is 98.7 Å². The van der Waals surface area contributed by atoms with Crippen molar-refractivity contribution in [2.45, 2.75) is 58.3 Å². The fraction of sp³-hybridized carbons (Fsp3) is 0.833. The molecule has 0 aromatic heterocycles. The third-order valence-corrected chi connectivity index (χ3v) is 3.90. The lowest BCUT2D eigenvalue weighted by Crippen LogP contribution is -2.41. The van der Waals surface area contributed by atoms with Crippen LogP contribution in [0.25, 0.3) is 0 Å². The van der Waals surface area contributed by atoms with Crippen LogP contribution in [0.15, 0.2) is 11.5 Å². The van der Waals surface area contributed by atoms with Crippen LogP contribution >= 0.6 is 0 Å². The van der Waals surface area contributed by atoms with Gasteiger partial charge in [0.05, 0.1) is 11.2 Å². The fourth-order valence-electron chi connectivity index (χ4n) is 2.10. The van der Waals surface area contributed by atoms with Crippen molar-refractivity contribution in [3.05, 3.63) is 11.5 Å².